The highest BCUT2D eigenvalue weighted by molar-refractivity contribution is 6.31. The predicted octanol–water partition coefficient (Wildman–Crippen LogP) is 2.47. The normalized spacial score (nSPS) is 14.1. The van der Waals surface area contributed by atoms with E-state index in [2.05, 4.69) is 10.4 Å². The first-order chi connectivity index (χ1) is 9.35. The van der Waals surface area contributed by atoms with Gasteiger partial charge in [-0.3, -0.25) is 9.48 Å². The number of nitrogens with zero attached hydrogens (tertiary/aromatic N) is 2. The Morgan fingerprint density at radius 1 is 1.50 bits per heavy atom. The van der Waals surface area contributed by atoms with Gasteiger partial charge in [0.25, 0.3) is 0 Å². The Morgan fingerprint density at radius 2 is 2.15 bits per heavy atom. The van der Waals surface area contributed by atoms with Crippen LogP contribution >= 0.6 is 11.6 Å². The lowest BCUT2D eigenvalue weighted by atomic mass is 9.95. The molecule has 0 bridgehead atoms. The van der Waals surface area contributed by atoms with Gasteiger partial charge in [0.2, 0.25) is 0 Å². The van der Waals surface area contributed by atoms with Gasteiger partial charge in [0.1, 0.15) is 5.54 Å². The van der Waals surface area contributed by atoms with E-state index in [-0.39, 0.29) is 5.97 Å². The second kappa shape index (κ2) is 7.09. The molecule has 1 aromatic rings. The number of aryl methyl sites for hydroxylation is 2. The lowest BCUT2D eigenvalue weighted by Crippen LogP contribution is -2.50. The molecule has 1 atom stereocenters. The number of carbonyl (C=O) groups is 1. The molecule has 6 heteroatoms. The van der Waals surface area contributed by atoms with Crippen molar-refractivity contribution in [3.05, 3.63) is 16.4 Å². The summed E-state index contributed by atoms with van der Waals surface area (Å²) >= 11 is 6.12. The van der Waals surface area contributed by atoms with E-state index in [1.807, 2.05) is 32.4 Å². The summed E-state index contributed by atoms with van der Waals surface area (Å²) in [6.45, 7) is 9.14. The third kappa shape index (κ3) is 3.73. The van der Waals surface area contributed by atoms with Gasteiger partial charge < -0.3 is 10.1 Å². The Labute approximate surface area is 125 Å². The molecule has 0 aliphatic carbocycles. The number of esters is 1. The Hall–Kier alpha value is -1.07. The van der Waals surface area contributed by atoms with E-state index in [9.17, 15) is 4.79 Å². The van der Waals surface area contributed by atoms with Crippen LogP contribution in [-0.2, 0) is 16.1 Å². The summed E-state index contributed by atoms with van der Waals surface area (Å²) in [5.41, 5.74) is 1.16. The summed E-state index contributed by atoms with van der Waals surface area (Å²) in [4.78, 5) is 11.9. The first kappa shape index (κ1) is 17.0. The zero-order valence-corrected chi connectivity index (χ0v) is 13.7. The number of carbonyl (C=O) groups excluding carboxylic acids is 1. The Morgan fingerprint density at radius 3 is 2.60 bits per heavy atom. The molecule has 0 spiro atoms. The smallest absolute Gasteiger partial charge is 0.325 e. The van der Waals surface area contributed by atoms with Crippen LogP contribution in [0.2, 0.25) is 5.02 Å². The van der Waals surface area contributed by atoms with Crippen molar-refractivity contribution in [2.24, 2.45) is 0 Å². The van der Waals surface area contributed by atoms with Gasteiger partial charge in [-0.1, -0.05) is 18.5 Å². The molecule has 1 N–H and O–H groups in total. The number of halogens is 1. The highest BCUT2D eigenvalue weighted by atomic mass is 35.5. The van der Waals surface area contributed by atoms with Crippen molar-refractivity contribution >= 4 is 17.6 Å². The van der Waals surface area contributed by atoms with E-state index in [4.69, 9.17) is 16.3 Å². The molecule has 0 amide bonds. The van der Waals surface area contributed by atoms with Crippen molar-refractivity contribution in [3.63, 3.8) is 0 Å². The number of nitrogens with one attached hydrogen (secondary N) is 1. The summed E-state index contributed by atoms with van der Waals surface area (Å²) in [6.07, 6.45) is 1.50. The fourth-order valence-electron chi connectivity index (χ4n) is 2.35. The number of ether oxygens (including phenoxy) is 1. The number of methoxy groups -OCH3 is 1. The average molecular weight is 302 g/mol. The summed E-state index contributed by atoms with van der Waals surface area (Å²) < 4.78 is 6.76. The second-order valence-corrected chi connectivity index (χ2v) is 5.54. The first-order valence-corrected chi connectivity index (χ1v) is 7.26. The zero-order chi connectivity index (χ0) is 15.3. The van der Waals surface area contributed by atoms with Crippen LogP contribution in [0.15, 0.2) is 0 Å². The monoisotopic (exact) mass is 301 g/mol. The Bertz CT molecular complexity index is 473. The Balaban J connectivity index is 2.65. The van der Waals surface area contributed by atoms with Gasteiger partial charge in [0.05, 0.1) is 23.5 Å². The van der Waals surface area contributed by atoms with Gasteiger partial charge in [-0.25, -0.2) is 0 Å². The van der Waals surface area contributed by atoms with Crippen molar-refractivity contribution in [3.8, 4) is 0 Å². The van der Waals surface area contributed by atoms with Gasteiger partial charge in [0.15, 0.2) is 0 Å². The molecule has 0 fully saturated rings. The molecular weight excluding hydrogens is 278 g/mol. The topological polar surface area (TPSA) is 56.2 Å². The minimum absolute atomic E-state index is 0.231. The quantitative estimate of drug-likeness (QED) is 0.786. The van der Waals surface area contributed by atoms with Gasteiger partial charge in [0, 0.05) is 6.54 Å². The molecule has 0 radical (unpaired) electrons. The van der Waals surface area contributed by atoms with E-state index in [0.29, 0.717) is 11.4 Å². The number of hydrogen-bond acceptors (Lipinski definition) is 4. The molecule has 1 aromatic heterocycles. The fourth-order valence-corrected chi connectivity index (χ4v) is 2.49. The van der Waals surface area contributed by atoms with Crippen LogP contribution < -0.4 is 5.32 Å². The minimum Gasteiger partial charge on any atom is -0.468 e. The lowest BCUT2D eigenvalue weighted by Gasteiger charge is -2.27. The summed E-state index contributed by atoms with van der Waals surface area (Å²) in [7, 11) is 1.42. The van der Waals surface area contributed by atoms with Crippen molar-refractivity contribution in [1.82, 2.24) is 15.1 Å². The maximum absolute atomic E-state index is 11.9. The maximum Gasteiger partial charge on any atom is 0.325 e. The second-order valence-electron chi connectivity index (χ2n) is 5.17. The molecule has 5 nitrogen and oxygen atoms in total. The summed E-state index contributed by atoms with van der Waals surface area (Å²) in [6, 6.07) is 0. The Kier molecular flexibility index (Phi) is 6.02. The maximum atomic E-state index is 11.9. The van der Waals surface area contributed by atoms with E-state index < -0.39 is 5.54 Å². The standard InChI is InChI=1S/C14H24ClN3O2/c1-6-16-14(4,13(19)20-5)8-7-9-18-11(3)12(15)10(2)17-18/h16H,6-9H2,1-5H3. The van der Waals surface area contributed by atoms with E-state index in [0.717, 1.165) is 30.9 Å². The molecule has 1 heterocycles. The molecule has 0 aliphatic rings. The third-order valence-electron chi connectivity index (χ3n) is 3.54. The van der Waals surface area contributed by atoms with E-state index >= 15 is 0 Å². The van der Waals surface area contributed by atoms with E-state index in [1.54, 1.807) is 0 Å². The van der Waals surface area contributed by atoms with Crippen LogP contribution in [0.1, 0.15) is 38.1 Å². The number of hydrogen-bond donors (Lipinski definition) is 1. The summed E-state index contributed by atoms with van der Waals surface area (Å²) in [5, 5.41) is 8.30. The van der Waals surface area contributed by atoms with Gasteiger partial charge in [-0.2, -0.15) is 5.10 Å². The van der Waals surface area contributed by atoms with Crippen LogP contribution in [0.4, 0.5) is 0 Å². The first-order valence-electron chi connectivity index (χ1n) is 6.88. The average Bonchev–Trinajstić information content (AvgIpc) is 2.65. The van der Waals surface area contributed by atoms with Gasteiger partial charge in [-0.05, 0) is 40.2 Å². The SMILES string of the molecule is CCNC(C)(CCCn1nc(C)c(Cl)c1C)C(=O)OC. The van der Waals surface area contributed by atoms with Crippen molar-refractivity contribution in [2.75, 3.05) is 13.7 Å². The number of likely N-dealkylation sites (N-methyl/N-ethyl adjacent to an activating group) is 1. The highest BCUT2D eigenvalue weighted by Crippen LogP contribution is 2.20. The molecule has 0 saturated carbocycles. The molecule has 20 heavy (non-hydrogen) atoms. The minimum atomic E-state index is -0.649. The molecule has 1 rings (SSSR count). The third-order valence-corrected chi connectivity index (χ3v) is 4.09. The molecular formula is C14H24ClN3O2. The van der Waals surface area contributed by atoms with Crippen molar-refractivity contribution in [1.29, 1.82) is 0 Å². The van der Waals surface area contributed by atoms with Crippen molar-refractivity contribution in [2.45, 2.75) is 52.6 Å². The molecule has 0 aromatic carbocycles. The number of aromatic nitrogens is 2. The fraction of sp³-hybridized carbons (Fsp3) is 0.714. The van der Waals surface area contributed by atoms with Gasteiger partial charge >= 0.3 is 5.97 Å². The predicted molar refractivity (Wildman–Crippen MR) is 80.0 cm³/mol. The molecule has 0 saturated heterocycles. The van der Waals surface area contributed by atoms with Crippen molar-refractivity contribution < 1.29 is 9.53 Å². The van der Waals surface area contributed by atoms with Crippen LogP contribution in [-0.4, -0.2) is 34.9 Å². The largest absolute Gasteiger partial charge is 0.468 e. The molecule has 0 aliphatic heterocycles. The van der Waals surface area contributed by atoms with Crippen LogP contribution in [0.3, 0.4) is 0 Å². The van der Waals surface area contributed by atoms with Crippen LogP contribution in [0.5, 0.6) is 0 Å². The lowest BCUT2D eigenvalue weighted by molar-refractivity contribution is -0.148. The summed E-state index contributed by atoms with van der Waals surface area (Å²) in [5.74, 6) is -0.231. The van der Waals surface area contributed by atoms with E-state index in [1.165, 1.54) is 7.11 Å². The van der Waals surface area contributed by atoms with Gasteiger partial charge in [-0.15, -0.1) is 0 Å². The molecule has 1 unspecified atom stereocenters. The van der Waals surface area contributed by atoms with Crippen LogP contribution in [0, 0.1) is 13.8 Å². The van der Waals surface area contributed by atoms with Crippen LogP contribution in [0.25, 0.3) is 0 Å². The molecule has 114 valence electrons. The number of rotatable bonds is 7. The highest BCUT2D eigenvalue weighted by Gasteiger charge is 2.32. The zero-order valence-electron chi connectivity index (χ0n) is 12.9.